The molecule has 0 spiro atoms. The van der Waals surface area contributed by atoms with Crippen molar-refractivity contribution < 1.29 is 18.3 Å². The minimum atomic E-state index is -2.84. The Morgan fingerprint density at radius 1 is 1.17 bits per heavy atom. The van der Waals surface area contributed by atoms with Crippen molar-refractivity contribution in [3.63, 3.8) is 0 Å². The number of halogens is 2. The molecule has 0 aliphatic carbocycles. The summed E-state index contributed by atoms with van der Waals surface area (Å²) in [4.78, 5) is 0. The monoisotopic (exact) mass is 328 g/mol. The largest absolute Gasteiger partial charge is 0.435 e. The van der Waals surface area contributed by atoms with Crippen LogP contribution in [0.5, 0.6) is 5.75 Å². The van der Waals surface area contributed by atoms with Gasteiger partial charge in [0, 0.05) is 6.61 Å². The van der Waals surface area contributed by atoms with E-state index in [-0.39, 0.29) is 5.75 Å². The predicted octanol–water partition coefficient (Wildman–Crippen LogP) is 3.99. The lowest BCUT2D eigenvalue weighted by molar-refractivity contribution is -0.0502. The molecule has 0 aromatic heterocycles. The maximum Gasteiger partial charge on any atom is 0.387 e. The molecule has 124 valence electrons. The summed E-state index contributed by atoms with van der Waals surface area (Å²) in [7, 11) is 5.96. The topological polar surface area (TPSA) is 18.5 Å². The summed E-state index contributed by atoms with van der Waals surface area (Å²) in [5, 5.41) is 0. The third-order valence-electron chi connectivity index (χ3n) is 3.58. The van der Waals surface area contributed by atoms with Crippen LogP contribution < -0.4 is 10.2 Å². The molecule has 0 heterocycles. The van der Waals surface area contributed by atoms with E-state index in [0.29, 0.717) is 24.2 Å². The summed E-state index contributed by atoms with van der Waals surface area (Å²) < 4.78 is 34.6. The third-order valence-corrected chi connectivity index (χ3v) is 3.58. The van der Waals surface area contributed by atoms with E-state index in [1.165, 1.54) is 6.07 Å². The van der Waals surface area contributed by atoms with Crippen LogP contribution in [0.4, 0.5) is 8.78 Å². The van der Waals surface area contributed by atoms with Crippen molar-refractivity contribution in [1.82, 2.24) is 0 Å². The summed E-state index contributed by atoms with van der Waals surface area (Å²) in [6, 6.07) is 10.7. The highest BCUT2D eigenvalue weighted by molar-refractivity contribution is 6.32. The molecule has 0 unspecified atom stereocenters. The Balaban J connectivity index is 2.28. The van der Waals surface area contributed by atoms with Crippen molar-refractivity contribution >= 4 is 18.9 Å². The van der Waals surface area contributed by atoms with Crippen LogP contribution in [0.1, 0.15) is 29.2 Å². The number of hydrogen-bond donors (Lipinski definition) is 0. The van der Waals surface area contributed by atoms with Crippen molar-refractivity contribution in [2.45, 2.75) is 27.1 Å². The fourth-order valence-electron chi connectivity index (χ4n) is 2.43. The van der Waals surface area contributed by atoms with E-state index < -0.39 is 6.61 Å². The molecule has 0 bridgehead atoms. The maximum absolute atomic E-state index is 12.3. The molecule has 0 amide bonds. The van der Waals surface area contributed by atoms with E-state index in [9.17, 15) is 8.78 Å². The average molecular weight is 328 g/mol. The van der Waals surface area contributed by atoms with Gasteiger partial charge in [-0.05, 0) is 59.9 Å². The van der Waals surface area contributed by atoms with E-state index in [4.69, 9.17) is 12.6 Å². The van der Waals surface area contributed by atoms with Crippen LogP contribution >= 0.6 is 0 Å². The van der Waals surface area contributed by atoms with Gasteiger partial charge in [0.1, 0.15) is 13.6 Å². The van der Waals surface area contributed by atoms with Crippen LogP contribution in [0.15, 0.2) is 43.0 Å². The zero-order valence-electron chi connectivity index (χ0n) is 13.8. The maximum atomic E-state index is 12.3. The van der Waals surface area contributed by atoms with Gasteiger partial charge in [-0.1, -0.05) is 30.2 Å². The molecular formula is C19H19BF2O2. The minimum absolute atomic E-state index is 0.158. The smallest absolute Gasteiger partial charge is 0.387 e. The first-order valence-electron chi connectivity index (χ1n) is 7.63. The molecule has 2 aromatic rings. The molecule has 2 aromatic carbocycles. The third kappa shape index (κ3) is 4.68. The minimum Gasteiger partial charge on any atom is -0.435 e. The molecule has 5 heteroatoms. The number of aryl methyl sites for hydroxylation is 1. The second kappa shape index (κ2) is 8.11. The van der Waals surface area contributed by atoms with Gasteiger partial charge in [0.05, 0.1) is 6.61 Å². The zero-order valence-corrected chi connectivity index (χ0v) is 13.8. The van der Waals surface area contributed by atoms with E-state index in [1.807, 2.05) is 25.1 Å². The molecule has 2 rings (SSSR count). The van der Waals surface area contributed by atoms with Crippen molar-refractivity contribution in [3.8, 4) is 5.75 Å². The van der Waals surface area contributed by atoms with E-state index in [2.05, 4.69) is 11.3 Å². The van der Waals surface area contributed by atoms with Gasteiger partial charge in [0.2, 0.25) is 0 Å². The van der Waals surface area contributed by atoms with Crippen molar-refractivity contribution in [2.75, 3.05) is 6.61 Å². The van der Waals surface area contributed by atoms with E-state index in [0.717, 1.165) is 22.3 Å². The van der Waals surface area contributed by atoms with Crippen LogP contribution in [-0.2, 0) is 11.3 Å². The normalized spacial score (nSPS) is 10.9. The van der Waals surface area contributed by atoms with Gasteiger partial charge in [0.25, 0.3) is 0 Å². The highest BCUT2D eigenvalue weighted by atomic mass is 19.3. The average Bonchev–Trinajstić information content (AvgIpc) is 2.53. The Morgan fingerprint density at radius 3 is 2.54 bits per heavy atom. The quantitative estimate of drug-likeness (QED) is 0.716. The molecule has 0 atom stereocenters. The lowest BCUT2D eigenvalue weighted by Gasteiger charge is -2.13. The molecule has 24 heavy (non-hydrogen) atoms. The number of alkyl halides is 2. The summed E-state index contributed by atoms with van der Waals surface area (Å²) in [5.41, 5.74) is 4.65. The van der Waals surface area contributed by atoms with Crippen LogP contribution in [0.2, 0.25) is 0 Å². The Bertz CT molecular complexity index is 729. The lowest BCUT2D eigenvalue weighted by Crippen LogP contribution is -2.07. The second-order valence-electron chi connectivity index (χ2n) is 5.44. The SMILES string of the molecule is [B]c1cc(COCC)cc(C(=C)c2ccc(OC(F)F)c(C)c2)c1. The van der Waals surface area contributed by atoms with Crippen molar-refractivity contribution in [1.29, 1.82) is 0 Å². The molecule has 2 nitrogen and oxygen atoms in total. The molecule has 0 fully saturated rings. The highest BCUT2D eigenvalue weighted by Crippen LogP contribution is 2.27. The number of benzene rings is 2. The Labute approximate surface area is 142 Å². The Hall–Kier alpha value is -2.14. The second-order valence-corrected chi connectivity index (χ2v) is 5.44. The van der Waals surface area contributed by atoms with Gasteiger partial charge < -0.3 is 9.47 Å². The summed E-state index contributed by atoms with van der Waals surface area (Å²) in [5.74, 6) is 0.158. The molecule has 0 aliphatic rings. The van der Waals surface area contributed by atoms with Crippen LogP contribution in [0.25, 0.3) is 5.57 Å². The Morgan fingerprint density at radius 2 is 1.92 bits per heavy atom. The van der Waals surface area contributed by atoms with Crippen molar-refractivity contribution in [2.24, 2.45) is 0 Å². The van der Waals surface area contributed by atoms with Gasteiger partial charge in [-0.2, -0.15) is 8.78 Å². The number of rotatable bonds is 7. The van der Waals surface area contributed by atoms with Gasteiger partial charge in [-0.25, -0.2) is 0 Å². The number of ether oxygens (including phenoxy) is 2. The zero-order chi connectivity index (χ0) is 17.7. The lowest BCUT2D eigenvalue weighted by atomic mass is 9.88. The molecule has 0 aliphatic heterocycles. The van der Waals surface area contributed by atoms with Gasteiger partial charge >= 0.3 is 6.61 Å². The summed E-state index contributed by atoms with van der Waals surface area (Å²) in [6.07, 6.45) is 0. The van der Waals surface area contributed by atoms with Gasteiger partial charge in [0.15, 0.2) is 0 Å². The predicted molar refractivity (Wildman–Crippen MR) is 93.1 cm³/mol. The molecule has 2 radical (unpaired) electrons. The fourth-order valence-corrected chi connectivity index (χ4v) is 2.43. The molecular weight excluding hydrogens is 309 g/mol. The highest BCUT2D eigenvalue weighted by Gasteiger charge is 2.10. The van der Waals surface area contributed by atoms with Crippen molar-refractivity contribution in [3.05, 3.63) is 65.2 Å². The van der Waals surface area contributed by atoms with Crippen LogP contribution in [0, 0.1) is 6.92 Å². The van der Waals surface area contributed by atoms with E-state index in [1.54, 1.807) is 19.1 Å². The standard InChI is InChI=1S/C19H19BF2O2/c1-4-23-11-14-8-16(10-17(20)9-14)13(3)15-5-6-18(12(2)7-15)24-19(21)22/h5-10,19H,3-4,11H2,1-2H3. The summed E-state index contributed by atoms with van der Waals surface area (Å²) in [6.45, 7) is 6.00. The van der Waals surface area contributed by atoms with E-state index >= 15 is 0 Å². The fraction of sp³-hybridized carbons (Fsp3) is 0.263. The molecule has 0 saturated heterocycles. The summed E-state index contributed by atoms with van der Waals surface area (Å²) >= 11 is 0. The first-order chi connectivity index (χ1) is 11.4. The van der Waals surface area contributed by atoms with Gasteiger partial charge in [-0.15, -0.1) is 0 Å². The first kappa shape index (κ1) is 18.2. The van der Waals surface area contributed by atoms with Crippen LogP contribution in [0.3, 0.4) is 0 Å². The van der Waals surface area contributed by atoms with Gasteiger partial charge in [-0.3, -0.25) is 0 Å². The number of hydrogen-bond acceptors (Lipinski definition) is 2. The molecule has 0 N–H and O–H groups in total. The first-order valence-corrected chi connectivity index (χ1v) is 7.63. The van der Waals surface area contributed by atoms with Crippen LogP contribution in [-0.4, -0.2) is 21.1 Å². The molecule has 0 saturated carbocycles. The Kier molecular flexibility index (Phi) is 6.15.